The molecule has 3 heterocycles. The van der Waals surface area contributed by atoms with E-state index in [4.69, 9.17) is 9.15 Å². The van der Waals surface area contributed by atoms with Crippen LogP contribution in [0, 0.1) is 12.3 Å². The van der Waals surface area contributed by atoms with E-state index in [1.807, 2.05) is 19.1 Å². The van der Waals surface area contributed by atoms with E-state index in [1.165, 1.54) is 16.1 Å². The Morgan fingerprint density at radius 3 is 2.69 bits per heavy atom. The summed E-state index contributed by atoms with van der Waals surface area (Å²) in [5, 5.41) is 4.70. The summed E-state index contributed by atoms with van der Waals surface area (Å²) in [4.78, 5) is 16.4. The zero-order valence-corrected chi connectivity index (χ0v) is 19.8. The summed E-state index contributed by atoms with van der Waals surface area (Å²) in [6, 6.07) is 12.5. The first-order valence-electron chi connectivity index (χ1n) is 11.3. The number of furan rings is 1. The number of carbonyl (C=O) groups is 1. The summed E-state index contributed by atoms with van der Waals surface area (Å²) in [6.07, 6.45) is 1.54. The molecule has 5 nitrogen and oxygen atoms in total. The Labute approximate surface area is 193 Å². The molecule has 0 spiro atoms. The van der Waals surface area contributed by atoms with Crippen molar-refractivity contribution in [1.29, 1.82) is 0 Å². The van der Waals surface area contributed by atoms with Gasteiger partial charge in [0.25, 0.3) is 0 Å². The number of morpholine rings is 1. The standard InChI is InChI=1S/C26H30N2O3S/c1-17-7-8-20(31-17)16-27-19-6-4-5-18(13-19)23-21-14-26(2,3)15-22(29)24(21)32-25(23)28-9-11-30-12-10-28/h4-8,13,27H,9-12,14-16H2,1-3H3. The van der Waals surface area contributed by atoms with Gasteiger partial charge < -0.3 is 19.4 Å². The average Bonchev–Trinajstić information content (AvgIpc) is 3.36. The average molecular weight is 451 g/mol. The number of aryl methyl sites for hydroxylation is 1. The van der Waals surface area contributed by atoms with Crippen molar-refractivity contribution in [3.8, 4) is 11.1 Å². The molecule has 0 saturated carbocycles. The summed E-state index contributed by atoms with van der Waals surface area (Å²) in [6.45, 7) is 10.2. The van der Waals surface area contributed by atoms with Crippen molar-refractivity contribution >= 4 is 27.8 Å². The molecule has 1 fully saturated rings. The second kappa shape index (κ2) is 8.41. The molecule has 2 aromatic heterocycles. The van der Waals surface area contributed by atoms with E-state index < -0.39 is 0 Å². The van der Waals surface area contributed by atoms with Crippen LogP contribution in [0.25, 0.3) is 11.1 Å². The Bertz CT molecular complexity index is 1140. The van der Waals surface area contributed by atoms with Crippen LogP contribution in [0.3, 0.4) is 0 Å². The van der Waals surface area contributed by atoms with E-state index in [-0.39, 0.29) is 11.2 Å². The van der Waals surface area contributed by atoms with Crippen molar-refractivity contribution in [3.05, 3.63) is 58.4 Å². The van der Waals surface area contributed by atoms with E-state index in [2.05, 4.69) is 48.3 Å². The summed E-state index contributed by atoms with van der Waals surface area (Å²) in [7, 11) is 0. The van der Waals surface area contributed by atoms with Gasteiger partial charge in [-0.05, 0) is 54.2 Å². The fourth-order valence-corrected chi connectivity index (χ4v) is 6.07. The van der Waals surface area contributed by atoms with E-state index in [0.29, 0.717) is 13.0 Å². The van der Waals surface area contributed by atoms with Gasteiger partial charge in [0, 0.05) is 30.8 Å². The molecular weight excluding hydrogens is 420 g/mol. The lowest BCUT2D eigenvalue weighted by atomic mass is 9.75. The quantitative estimate of drug-likeness (QED) is 0.523. The number of carbonyl (C=O) groups excluding carboxylic acids is 1. The van der Waals surface area contributed by atoms with E-state index in [1.54, 1.807) is 11.3 Å². The molecule has 0 atom stereocenters. The summed E-state index contributed by atoms with van der Waals surface area (Å²) < 4.78 is 11.3. The van der Waals surface area contributed by atoms with Crippen molar-refractivity contribution in [3.63, 3.8) is 0 Å². The number of anilines is 2. The molecule has 1 aliphatic heterocycles. The molecule has 1 aliphatic carbocycles. The molecule has 5 rings (SSSR count). The molecule has 0 bridgehead atoms. The van der Waals surface area contributed by atoms with Crippen molar-refractivity contribution < 1.29 is 13.9 Å². The molecule has 1 aromatic carbocycles. The van der Waals surface area contributed by atoms with Crippen LogP contribution < -0.4 is 10.2 Å². The van der Waals surface area contributed by atoms with Crippen LogP contribution in [0.1, 0.15) is 47.0 Å². The normalized spacial score (nSPS) is 18.0. The summed E-state index contributed by atoms with van der Waals surface area (Å²) >= 11 is 1.68. The van der Waals surface area contributed by atoms with Gasteiger partial charge in [-0.2, -0.15) is 0 Å². The second-order valence-corrected chi connectivity index (χ2v) is 10.6. The third-order valence-electron chi connectivity index (χ3n) is 6.25. The highest BCUT2D eigenvalue weighted by atomic mass is 32.1. The van der Waals surface area contributed by atoms with Crippen LogP contribution in [0.15, 0.2) is 40.8 Å². The molecular formula is C26H30N2O3S. The summed E-state index contributed by atoms with van der Waals surface area (Å²) in [5.41, 5.74) is 4.64. The molecule has 32 heavy (non-hydrogen) atoms. The van der Waals surface area contributed by atoms with Crippen molar-refractivity contribution in [2.24, 2.45) is 5.41 Å². The zero-order valence-electron chi connectivity index (χ0n) is 19.0. The van der Waals surface area contributed by atoms with Crippen LogP contribution in [0.2, 0.25) is 0 Å². The highest BCUT2D eigenvalue weighted by Gasteiger charge is 2.37. The topological polar surface area (TPSA) is 54.7 Å². The Kier molecular flexibility index (Phi) is 5.59. The lowest BCUT2D eigenvalue weighted by Crippen LogP contribution is -2.36. The number of fused-ring (bicyclic) bond motifs is 1. The van der Waals surface area contributed by atoms with Crippen LogP contribution >= 0.6 is 11.3 Å². The van der Waals surface area contributed by atoms with Gasteiger partial charge in [0.05, 0.1) is 29.6 Å². The van der Waals surface area contributed by atoms with Crippen molar-refractivity contribution in [2.45, 2.75) is 40.2 Å². The smallest absolute Gasteiger partial charge is 0.173 e. The van der Waals surface area contributed by atoms with E-state index in [9.17, 15) is 4.79 Å². The molecule has 0 amide bonds. The van der Waals surface area contributed by atoms with E-state index in [0.717, 1.165) is 60.4 Å². The first kappa shape index (κ1) is 21.3. The number of nitrogens with one attached hydrogen (secondary N) is 1. The fourth-order valence-electron chi connectivity index (χ4n) is 4.74. The largest absolute Gasteiger partial charge is 0.465 e. The van der Waals surface area contributed by atoms with Crippen LogP contribution in [-0.4, -0.2) is 32.1 Å². The predicted octanol–water partition coefficient (Wildman–Crippen LogP) is 5.92. The number of ketones is 1. The lowest BCUT2D eigenvalue weighted by Gasteiger charge is -2.30. The summed E-state index contributed by atoms with van der Waals surface area (Å²) in [5.74, 6) is 2.12. The van der Waals surface area contributed by atoms with Gasteiger partial charge in [-0.3, -0.25) is 4.79 Å². The third-order valence-corrected chi connectivity index (χ3v) is 7.58. The number of nitrogens with zero attached hydrogens (tertiary/aromatic N) is 1. The number of rotatable bonds is 5. The maximum atomic E-state index is 13.1. The number of benzene rings is 1. The van der Waals surface area contributed by atoms with Gasteiger partial charge >= 0.3 is 0 Å². The van der Waals surface area contributed by atoms with Gasteiger partial charge in [-0.25, -0.2) is 0 Å². The fraction of sp³-hybridized carbons (Fsp3) is 0.423. The SMILES string of the molecule is Cc1ccc(CNc2cccc(-c3c(N4CCOCC4)sc4c3CC(C)(C)CC4=O)c2)o1. The molecule has 6 heteroatoms. The van der Waals surface area contributed by atoms with Crippen LogP contribution in [0.4, 0.5) is 10.7 Å². The van der Waals surface area contributed by atoms with Crippen molar-refractivity contribution in [2.75, 3.05) is 36.5 Å². The van der Waals surface area contributed by atoms with Gasteiger partial charge in [0.2, 0.25) is 0 Å². The van der Waals surface area contributed by atoms with Crippen LogP contribution in [-0.2, 0) is 17.7 Å². The number of hydrogen-bond donors (Lipinski definition) is 1. The first-order chi connectivity index (χ1) is 15.4. The Balaban J connectivity index is 1.53. The molecule has 0 radical (unpaired) electrons. The molecule has 168 valence electrons. The minimum atomic E-state index is -0.0187. The first-order valence-corrected chi connectivity index (χ1v) is 12.1. The monoisotopic (exact) mass is 450 g/mol. The van der Waals surface area contributed by atoms with Gasteiger partial charge in [-0.1, -0.05) is 26.0 Å². The lowest BCUT2D eigenvalue weighted by molar-refractivity contribution is 0.0918. The Morgan fingerprint density at radius 1 is 1.12 bits per heavy atom. The molecule has 0 unspecified atom stereocenters. The van der Waals surface area contributed by atoms with Gasteiger partial charge in [-0.15, -0.1) is 11.3 Å². The second-order valence-electron chi connectivity index (χ2n) is 9.58. The number of thiophene rings is 1. The predicted molar refractivity (Wildman–Crippen MR) is 130 cm³/mol. The maximum absolute atomic E-state index is 13.1. The Morgan fingerprint density at radius 2 is 1.94 bits per heavy atom. The zero-order chi connectivity index (χ0) is 22.3. The van der Waals surface area contributed by atoms with Crippen molar-refractivity contribution in [1.82, 2.24) is 0 Å². The molecule has 2 aliphatic rings. The minimum absolute atomic E-state index is 0.0187. The highest BCUT2D eigenvalue weighted by Crippen LogP contribution is 2.49. The van der Waals surface area contributed by atoms with Gasteiger partial charge in [0.1, 0.15) is 11.5 Å². The molecule has 3 aromatic rings. The van der Waals surface area contributed by atoms with Gasteiger partial charge in [0.15, 0.2) is 5.78 Å². The highest BCUT2D eigenvalue weighted by molar-refractivity contribution is 7.19. The minimum Gasteiger partial charge on any atom is -0.465 e. The number of Topliss-reactive ketones (excluding diaryl/α,β-unsaturated/α-hetero) is 1. The Hall–Kier alpha value is -2.57. The maximum Gasteiger partial charge on any atom is 0.173 e. The number of ether oxygens (including phenoxy) is 1. The van der Waals surface area contributed by atoms with E-state index >= 15 is 0 Å². The third kappa shape index (κ3) is 4.21. The van der Waals surface area contributed by atoms with Crippen LogP contribution in [0.5, 0.6) is 0 Å². The molecule has 1 N–H and O–H groups in total. The number of hydrogen-bond acceptors (Lipinski definition) is 6. The molecule has 1 saturated heterocycles.